The Kier molecular flexibility index (Phi) is 3.68. The molecule has 1 aromatic carbocycles. The van der Waals surface area contributed by atoms with Gasteiger partial charge in [0.2, 0.25) is 0 Å². The van der Waals surface area contributed by atoms with Gasteiger partial charge < -0.3 is 9.84 Å². The molecule has 0 saturated heterocycles. The zero-order valence-electron chi connectivity index (χ0n) is 10.0. The number of ether oxygens (including phenoxy) is 1. The van der Waals surface area contributed by atoms with E-state index >= 15 is 0 Å². The zero-order valence-corrected chi connectivity index (χ0v) is 10.0. The summed E-state index contributed by atoms with van der Waals surface area (Å²) in [6.07, 6.45) is -1.59. The second kappa shape index (κ2) is 5.11. The highest BCUT2D eigenvalue weighted by molar-refractivity contribution is 5.89. The van der Waals surface area contributed by atoms with Crippen molar-refractivity contribution in [1.82, 2.24) is 0 Å². The molecule has 19 heavy (non-hydrogen) atoms. The Morgan fingerprint density at radius 2 is 2.05 bits per heavy atom. The highest BCUT2D eigenvalue weighted by Gasteiger charge is 2.35. The van der Waals surface area contributed by atoms with E-state index in [2.05, 4.69) is 0 Å². The van der Waals surface area contributed by atoms with Crippen LogP contribution in [0.4, 0.5) is 13.2 Å². The monoisotopic (exact) mass is 274 g/mol. The summed E-state index contributed by atoms with van der Waals surface area (Å²) in [4.78, 5) is 10.8. The summed E-state index contributed by atoms with van der Waals surface area (Å²) in [5, 5.41) is 8.74. The molecule has 1 saturated carbocycles. The van der Waals surface area contributed by atoms with E-state index in [0.29, 0.717) is 12.5 Å². The number of hydrogen-bond donors (Lipinski definition) is 1. The largest absolute Gasteiger partial charge is 0.494 e. The van der Waals surface area contributed by atoms with Crippen LogP contribution in [-0.4, -0.2) is 17.7 Å². The van der Waals surface area contributed by atoms with Crippen LogP contribution in [0.25, 0.3) is 0 Å². The first kappa shape index (κ1) is 13.7. The normalized spacial score (nSPS) is 15.3. The fourth-order valence-corrected chi connectivity index (χ4v) is 1.78. The fraction of sp³-hybridized carbons (Fsp3) is 0.462. The summed E-state index contributed by atoms with van der Waals surface area (Å²) in [5.74, 6) is -0.921. The molecule has 104 valence electrons. The molecule has 0 heterocycles. The number of hydrogen-bond acceptors (Lipinski definition) is 2. The highest BCUT2D eigenvalue weighted by atomic mass is 19.4. The average Bonchev–Trinajstić information content (AvgIpc) is 3.11. The van der Waals surface area contributed by atoms with Gasteiger partial charge in [-0.05, 0) is 30.5 Å². The lowest BCUT2D eigenvalue weighted by Gasteiger charge is -2.12. The quantitative estimate of drug-likeness (QED) is 0.892. The molecule has 3 nitrogen and oxygen atoms in total. The molecule has 1 aliphatic rings. The lowest BCUT2D eigenvalue weighted by molar-refractivity contribution is -0.138. The van der Waals surface area contributed by atoms with E-state index in [1.807, 2.05) is 0 Å². The van der Waals surface area contributed by atoms with Gasteiger partial charge in [-0.1, -0.05) is 12.8 Å². The van der Waals surface area contributed by atoms with Crippen molar-refractivity contribution in [3.8, 4) is 5.75 Å². The summed E-state index contributed by atoms with van der Waals surface area (Å²) in [6, 6.07) is 2.93. The first-order chi connectivity index (χ1) is 8.88. The zero-order chi connectivity index (χ0) is 14.0. The summed E-state index contributed by atoms with van der Waals surface area (Å²) in [6.45, 7) is 0.356. The molecule has 1 aliphatic carbocycles. The predicted molar refractivity (Wildman–Crippen MR) is 61.2 cm³/mol. The Morgan fingerprint density at radius 3 is 2.58 bits per heavy atom. The van der Waals surface area contributed by atoms with Gasteiger partial charge >= 0.3 is 12.1 Å². The Labute approximate surface area is 108 Å². The third-order valence-corrected chi connectivity index (χ3v) is 3.02. The van der Waals surface area contributed by atoms with Crippen LogP contribution in [0, 0.1) is 5.92 Å². The minimum Gasteiger partial charge on any atom is -0.494 e. The van der Waals surface area contributed by atoms with E-state index in [4.69, 9.17) is 9.84 Å². The van der Waals surface area contributed by atoms with Crippen molar-refractivity contribution in [3.05, 3.63) is 29.3 Å². The van der Waals surface area contributed by atoms with Gasteiger partial charge in [-0.15, -0.1) is 0 Å². The molecule has 1 fully saturated rings. The molecule has 0 atom stereocenters. The van der Waals surface area contributed by atoms with Crippen molar-refractivity contribution in [2.45, 2.75) is 25.4 Å². The van der Waals surface area contributed by atoms with Gasteiger partial charge in [0.05, 0.1) is 17.7 Å². The molecule has 0 amide bonds. The van der Waals surface area contributed by atoms with Crippen LogP contribution >= 0.6 is 0 Å². The first-order valence-electron chi connectivity index (χ1n) is 5.95. The molecule has 0 radical (unpaired) electrons. The minimum atomic E-state index is -4.70. The molecular weight excluding hydrogens is 261 g/mol. The first-order valence-corrected chi connectivity index (χ1v) is 5.95. The number of halogens is 3. The summed E-state index contributed by atoms with van der Waals surface area (Å²) in [7, 11) is 0. The maximum absolute atomic E-state index is 12.7. The molecular formula is C13H13F3O3. The molecule has 1 aromatic rings. The average molecular weight is 274 g/mol. The number of carboxylic acids is 1. The highest BCUT2D eigenvalue weighted by Crippen LogP contribution is 2.35. The molecule has 1 N–H and O–H groups in total. The standard InChI is InChI=1S/C13H13F3O3/c14-13(15,16)11-7-9(3-4-10(11)12(17)18)19-6-5-8-1-2-8/h3-4,7-8H,1-2,5-6H2,(H,17,18). The third kappa shape index (κ3) is 3.62. The van der Waals surface area contributed by atoms with Gasteiger partial charge in [-0.2, -0.15) is 13.2 Å². The predicted octanol–water partition coefficient (Wildman–Crippen LogP) is 3.58. The van der Waals surface area contributed by atoms with E-state index in [1.54, 1.807) is 0 Å². The molecule has 2 rings (SSSR count). The minimum absolute atomic E-state index is 0.0537. The van der Waals surface area contributed by atoms with Gasteiger partial charge in [-0.25, -0.2) is 4.79 Å². The second-order valence-electron chi connectivity index (χ2n) is 4.59. The molecule has 6 heteroatoms. The van der Waals surface area contributed by atoms with Crippen molar-refractivity contribution >= 4 is 5.97 Å². The fourth-order valence-electron chi connectivity index (χ4n) is 1.78. The van der Waals surface area contributed by atoms with E-state index in [9.17, 15) is 18.0 Å². The Morgan fingerprint density at radius 1 is 1.37 bits per heavy atom. The number of benzene rings is 1. The van der Waals surface area contributed by atoms with Gasteiger partial charge in [0.15, 0.2) is 0 Å². The Bertz CT molecular complexity index is 479. The van der Waals surface area contributed by atoms with E-state index < -0.39 is 23.3 Å². The lowest BCUT2D eigenvalue weighted by atomic mass is 10.1. The van der Waals surface area contributed by atoms with Crippen LogP contribution in [0.5, 0.6) is 5.75 Å². The van der Waals surface area contributed by atoms with Crippen molar-refractivity contribution in [3.63, 3.8) is 0 Å². The Balaban J connectivity index is 2.14. The van der Waals surface area contributed by atoms with Crippen LogP contribution in [-0.2, 0) is 6.18 Å². The van der Waals surface area contributed by atoms with Crippen LogP contribution in [0.3, 0.4) is 0 Å². The van der Waals surface area contributed by atoms with Gasteiger partial charge in [-0.3, -0.25) is 0 Å². The van der Waals surface area contributed by atoms with Crippen LogP contribution in [0.2, 0.25) is 0 Å². The van der Waals surface area contributed by atoms with Gasteiger partial charge in [0.1, 0.15) is 5.75 Å². The number of carbonyl (C=O) groups is 1. The summed E-state index contributed by atoms with van der Waals surface area (Å²) >= 11 is 0. The van der Waals surface area contributed by atoms with Gasteiger partial charge in [0, 0.05) is 0 Å². The second-order valence-corrected chi connectivity index (χ2v) is 4.59. The van der Waals surface area contributed by atoms with Crippen molar-refractivity contribution in [1.29, 1.82) is 0 Å². The number of alkyl halides is 3. The van der Waals surface area contributed by atoms with Crippen molar-refractivity contribution in [2.24, 2.45) is 5.92 Å². The number of rotatable bonds is 5. The maximum atomic E-state index is 12.7. The van der Waals surface area contributed by atoms with Crippen LogP contribution in [0.15, 0.2) is 18.2 Å². The molecule has 0 aromatic heterocycles. The van der Waals surface area contributed by atoms with Crippen molar-refractivity contribution in [2.75, 3.05) is 6.61 Å². The third-order valence-electron chi connectivity index (χ3n) is 3.02. The molecule has 0 bridgehead atoms. The van der Waals surface area contributed by atoms with Crippen LogP contribution in [0.1, 0.15) is 35.2 Å². The number of carboxylic acid groups (broad SMARTS) is 1. The molecule has 0 aliphatic heterocycles. The number of aromatic carboxylic acids is 1. The molecule has 0 spiro atoms. The SMILES string of the molecule is O=C(O)c1ccc(OCCC2CC2)cc1C(F)(F)F. The smallest absolute Gasteiger partial charge is 0.417 e. The summed E-state index contributed by atoms with van der Waals surface area (Å²) in [5.41, 5.74) is -1.94. The summed E-state index contributed by atoms with van der Waals surface area (Å²) < 4.78 is 43.4. The maximum Gasteiger partial charge on any atom is 0.417 e. The van der Waals surface area contributed by atoms with Crippen molar-refractivity contribution < 1.29 is 27.8 Å². The Hall–Kier alpha value is -1.72. The van der Waals surface area contributed by atoms with Crippen LogP contribution < -0.4 is 4.74 Å². The molecule has 0 unspecified atom stereocenters. The van der Waals surface area contributed by atoms with E-state index in [1.165, 1.54) is 6.07 Å². The van der Waals surface area contributed by atoms with E-state index in [0.717, 1.165) is 31.4 Å². The lowest BCUT2D eigenvalue weighted by Crippen LogP contribution is -2.13. The topological polar surface area (TPSA) is 46.5 Å². The van der Waals surface area contributed by atoms with E-state index in [-0.39, 0.29) is 5.75 Å². The van der Waals surface area contributed by atoms with Gasteiger partial charge in [0.25, 0.3) is 0 Å².